The number of para-hydroxylation sites is 2. The maximum atomic E-state index is 13.9. The van der Waals surface area contributed by atoms with Gasteiger partial charge in [0.05, 0.1) is 18.4 Å². The number of ether oxygens (including phenoxy) is 1. The van der Waals surface area contributed by atoms with Crippen molar-refractivity contribution in [1.29, 1.82) is 0 Å². The average molecular weight is 499 g/mol. The molecule has 1 heterocycles. The standard InChI is InChI=1S/C28H23BrN2O2/c1-33-26-17-16-21(29)18-24(26)27-30(19-20-10-4-2-5-11-20)25-15-9-8-14-23(25)28(32)31(27)22-12-6-3-7-13-22/h2-18,27H,19H2,1H3/t27-/m1/s1. The van der Waals surface area contributed by atoms with Crippen molar-refractivity contribution in [3.05, 3.63) is 124 Å². The second-order valence-electron chi connectivity index (χ2n) is 7.90. The number of carbonyl (C=O) groups is 1. The fourth-order valence-electron chi connectivity index (χ4n) is 4.43. The van der Waals surface area contributed by atoms with Gasteiger partial charge < -0.3 is 9.64 Å². The average Bonchev–Trinajstić information content (AvgIpc) is 2.86. The summed E-state index contributed by atoms with van der Waals surface area (Å²) in [6, 6.07) is 33.9. The molecule has 0 bridgehead atoms. The van der Waals surface area contributed by atoms with Crippen LogP contribution in [0.3, 0.4) is 0 Å². The van der Waals surface area contributed by atoms with Gasteiger partial charge in [0.2, 0.25) is 0 Å². The quantitative estimate of drug-likeness (QED) is 0.302. The summed E-state index contributed by atoms with van der Waals surface area (Å²) >= 11 is 3.62. The van der Waals surface area contributed by atoms with Crippen LogP contribution in [0.15, 0.2) is 108 Å². The summed E-state index contributed by atoms with van der Waals surface area (Å²) < 4.78 is 6.70. The van der Waals surface area contributed by atoms with E-state index < -0.39 is 6.17 Å². The second-order valence-corrected chi connectivity index (χ2v) is 8.82. The first-order valence-electron chi connectivity index (χ1n) is 10.8. The number of benzene rings is 4. The van der Waals surface area contributed by atoms with Gasteiger partial charge in [-0.2, -0.15) is 0 Å². The van der Waals surface area contributed by atoms with E-state index in [0.717, 1.165) is 32.7 Å². The highest BCUT2D eigenvalue weighted by Crippen LogP contribution is 2.45. The van der Waals surface area contributed by atoms with Crippen LogP contribution in [0.4, 0.5) is 11.4 Å². The number of halogens is 1. The lowest BCUT2D eigenvalue weighted by atomic mass is 9.98. The SMILES string of the molecule is COc1ccc(Br)cc1[C@@H]1N(Cc2ccccc2)c2ccccc2C(=O)N1c1ccccc1. The van der Waals surface area contributed by atoms with Gasteiger partial charge in [0, 0.05) is 22.3 Å². The van der Waals surface area contributed by atoms with Crippen molar-refractivity contribution in [2.24, 2.45) is 0 Å². The van der Waals surface area contributed by atoms with E-state index in [-0.39, 0.29) is 5.91 Å². The molecule has 4 aromatic rings. The molecule has 33 heavy (non-hydrogen) atoms. The van der Waals surface area contributed by atoms with Crippen molar-refractivity contribution >= 4 is 33.2 Å². The molecule has 4 nitrogen and oxygen atoms in total. The first-order valence-corrected chi connectivity index (χ1v) is 11.6. The van der Waals surface area contributed by atoms with Gasteiger partial charge in [0.1, 0.15) is 11.9 Å². The number of rotatable bonds is 5. The van der Waals surface area contributed by atoms with Gasteiger partial charge in [0.15, 0.2) is 0 Å². The normalized spacial score (nSPS) is 15.3. The molecule has 0 aromatic heterocycles. The molecule has 5 rings (SSSR count). The third-order valence-electron chi connectivity index (χ3n) is 5.90. The maximum Gasteiger partial charge on any atom is 0.262 e. The third-order valence-corrected chi connectivity index (χ3v) is 6.40. The number of amides is 1. The molecule has 0 fully saturated rings. The van der Waals surface area contributed by atoms with E-state index in [0.29, 0.717) is 12.1 Å². The molecular formula is C28H23BrN2O2. The summed E-state index contributed by atoms with van der Waals surface area (Å²) in [7, 11) is 1.67. The van der Waals surface area contributed by atoms with Crippen LogP contribution in [0.25, 0.3) is 0 Å². The van der Waals surface area contributed by atoms with Crippen LogP contribution in [0, 0.1) is 0 Å². The van der Waals surface area contributed by atoms with Crippen LogP contribution in [0.1, 0.15) is 27.7 Å². The number of methoxy groups -OCH3 is 1. The number of hydrogen-bond acceptors (Lipinski definition) is 3. The Labute approximate surface area is 202 Å². The smallest absolute Gasteiger partial charge is 0.262 e. The van der Waals surface area contributed by atoms with Crippen LogP contribution >= 0.6 is 15.9 Å². The first kappa shape index (κ1) is 21.3. The molecule has 0 saturated carbocycles. The predicted octanol–water partition coefficient (Wildman–Crippen LogP) is 6.82. The largest absolute Gasteiger partial charge is 0.496 e. The van der Waals surface area contributed by atoms with Crippen molar-refractivity contribution < 1.29 is 9.53 Å². The van der Waals surface area contributed by atoms with Gasteiger partial charge in [0.25, 0.3) is 5.91 Å². The summed E-state index contributed by atoms with van der Waals surface area (Å²) in [6.45, 7) is 0.634. The lowest BCUT2D eigenvalue weighted by molar-refractivity contribution is 0.0968. The molecule has 0 N–H and O–H groups in total. The highest BCUT2D eigenvalue weighted by molar-refractivity contribution is 9.10. The Morgan fingerprint density at radius 2 is 1.52 bits per heavy atom. The van der Waals surface area contributed by atoms with E-state index in [1.165, 1.54) is 0 Å². The molecule has 1 atom stereocenters. The third kappa shape index (κ3) is 4.00. The number of nitrogens with zero attached hydrogens (tertiary/aromatic N) is 2. The summed E-state index contributed by atoms with van der Waals surface area (Å²) in [5.41, 5.74) is 4.50. The lowest BCUT2D eigenvalue weighted by Crippen LogP contribution is -2.49. The Bertz CT molecular complexity index is 1280. The van der Waals surface area contributed by atoms with Crippen LogP contribution in [0.5, 0.6) is 5.75 Å². The summed E-state index contributed by atoms with van der Waals surface area (Å²) in [5.74, 6) is 0.697. The summed E-state index contributed by atoms with van der Waals surface area (Å²) in [5, 5.41) is 0. The molecule has 0 aliphatic carbocycles. The highest BCUT2D eigenvalue weighted by Gasteiger charge is 2.40. The van der Waals surface area contributed by atoms with Gasteiger partial charge in [-0.25, -0.2) is 0 Å². The lowest BCUT2D eigenvalue weighted by Gasteiger charge is -2.46. The van der Waals surface area contributed by atoms with Crippen molar-refractivity contribution in [3.8, 4) is 5.75 Å². The zero-order valence-corrected chi connectivity index (χ0v) is 19.8. The van der Waals surface area contributed by atoms with E-state index >= 15 is 0 Å². The Morgan fingerprint density at radius 3 is 2.24 bits per heavy atom. The topological polar surface area (TPSA) is 32.8 Å². The number of anilines is 2. The molecule has 1 aliphatic heterocycles. The van der Waals surface area contributed by atoms with Gasteiger partial charge in [-0.1, -0.05) is 76.6 Å². The summed E-state index contributed by atoms with van der Waals surface area (Å²) in [4.78, 5) is 18.1. The van der Waals surface area contributed by atoms with E-state index in [4.69, 9.17) is 4.74 Å². The monoisotopic (exact) mass is 498 g/mol. The minimum atomic E-state index is -0.401. The molecule has 164 valence electrons. The molecule has 0 spiro atoms. The number of carbonyl (C=O) groups excluding carboxylic acids is 1. The van der Waals surface area contributed by atoms with E-state index in [1.54, 1.807) is 7.11 Å². The van der Waals surface area contributed by atoms with Crippen molar-refractivity contribution in [3.63, 3.8) is 0 Å². The summed E-state index contributed by atoms with van der Waals surface area (Å²) in [6.07, 6.45) is -0.401. The number of hydrogen-bond donors (Lipinski definition) is 0. The van der Waals surface area contributed by atoms with Crippen LogP contribution in [0.2, 0.25) is 0 Å². The van der Waals surface area contributed by atoms with Gasteiger partial charge in [-0.15, -0.1) is 0 Å². The minimum absolute atomic E-state index is 0.0341. The zero-order valence-electron chi connectivity index (χ0n) is 18.2. The molecule has 0 radical (unpaired) electrons. The second kappa shape index (κ2) is 9.12. The molecule has 4 aromatic carbocycles. The Hall–Kier alpha value is -3.57. The van der Waals surface area contributed by atoms with Gasteiger partial charge in [-0.3, -0.25) is 9.69 Å². The van der Waals surface area contributed by atoms with E-state index in [2.05, 4.69) is 33.0 Å². The van der Waals surface area contributed by atoms with Gasteiger partial charge in [-0.05, 0) is 48.0 Å². The van der Waals surface area contributed by atoms with Crippen LogP contribution in [-0.2, 0) is 6.54 Å². The van der Waals surface area contributed by atoms with Crippen LogP contribution in [-0.4, -0.2) is 13.0 Å². The zero-order chi connectivity index (χ0) is 22.8. The Morgan fingerprint density at radius 1 is 0.848 bits per heavy atom. The van der Waals surface area contributed by atoms with E-state index in [1.807, 2.05) is 95.9 Å². The first-order chi connectivity index (χ1) is 16.2. The fraction of sp³-hybridized carbons (Fsp3) is 0.107. The fourth-order valence-corrected chi connectivity index (χ4v) is 4.81. The van der Waals surface area contributed by atoms with E-state index in [9.17, 15) is 4.79 Å². The van der Waals surface area contributed by atoms with Crippen molar-refractivity contribution in [2.45, 2.75) is 12.7 Å². The van der Waals surface area contributed by atoms with Crippen molar-refractivity contribution in [2.75, 3.05) is 16.9 Å². The molecule has 0 saturated heterocycles. The molecule has 1 amide bonds. The number of fused-ring (bicyclic) bond motifs is 1. The molecule has 1 aliphatic rings. The van der Waals surface area contributed by atoms with Crippen LogP contribution < -0.4 is 14.5 Å². The highest BCUT2D eigenvalue weighted by atomic mass is 79.9. The Kier molecular flexibility index (Phi) is 5.88. The minimum Gasteiger partial charge on any atom is -0.496 e. The van der Waals surface area contributed by atoms with Crippen molar-refractivity contribution in [1.82, 2.24) is 0 Å². The molecular weight excluding hydrogens is 476 g/mol. The molecule has 5 heteroatoms. The Balaban J connectivity index is 1.77. The molecule has 0 unspecified atom stereocenters. The maximum absolute atomic E-state index is 13.9. The predicted molar refractivity (Wildman–Crippen MR) is 136 cm³/mol. The van der Waals surface area contributed by atoms with Gasteiger partial charge >= 0.3 is 0 Å².